The van der Waals surface area contributed by atoms with Crippen LogP contribution in [0.25, 0.3) is 11.1 Å². The lowest BCUT2D eigenvalue weighted by atomic mass is 9.99. The molecule has 1 saturated heterocycles. The van der Waals surface area contributed by atoms with Gasteiger partial charge in [-0.2, -0.15) is 4.31 Å². The fraction of sp³-hybridized carbons (Fsp3) is 0.235. The summed E-state index contributed by atoms with van der Waals surface area (Å²) in [5.41, 5.74) is 4.27. The predicted octanol–water partition coefficient (Wildman–Crippen LogP) is 1.76. The number of hydrogen-bond acceptors (Lipinski definition) is 4. The summed E-state index contributed by atoms with van der Waals surface area (Å²) in [5.74, 6) is -0.799. The second-order valence-corrected chi connectivity index (χ2v) is 7.71. The highest BCUT2D eigenvalue weighted by atomic mass is 32.2. The molecular formula is C17H18N2O4S. The molecule has 1 aliphatic heterocycles. The first-order valence-electron chi connectivity index (χ1n) is 7.60. The monoisotopic (exact) mass is 346 g/mol. The first-order valence-corrected chi connectivity index (χ1v) is 9.20. The number of sulfonamides is 1. The van der Waals surface area contributed by atoms with Gasteiger partial charge in [-0.05, 0) is 23.1 Å². The highest BCUT2D eigenvalue weighted by molar-refractivity contribution is 7.89. The van der Waals surface area contributed by atoms with Crippen LogP contribution in [0, 0.1) is 0 Å². The summed E-state index contributed by atoms with van der Waals surface area (Å²) in [4.78, 5) is 11.8. The van der Waals surface area contributed by atoms with E-state index in [4.69, 9.17) is 5.21 Å². The van der Waals surface area contributed by atoms with Crippen LogP contribution in [0.1, 0.15) is 12.0 Å². The third-order valence-electron chi connectivity index (χ3n) is 4.20. The minimum atomic E-state index is -3.53. The van der Waals surface area contributed by atoms with Crippen LogP contribution in [0.15, 0.2) is 54.6 Å². The van der Waals surface area contributed by atoms with E-state index in [0.29, 0.717) is 0 Å². The zero-order valence-corrected chi connectivity index (χ0v) is 13.7. The predicted molar refractivity (Wildman–Crippen MR) is 89.5 cm³/mol. The molecule has 0 aromatic heterocycles. The van der Waals surface area contributed by atoms with Gasteiger partial charge in [-0.3, -0.25) is 10.0 Å². The Hall–Kier alpha value is -2.22. The summed E-state index contributed by atoms with van der Waals surface area (Å²) in [6.07, 6.45) is 0.169. The molecule has 2 aromatic rings. The lowest BCUT2D eigenvalue weighted by Crippen LogP contribution is -2.43. The molecule has 2 aromatic carbocycles. The normalized spacial score (nSPS) is 20.0. The fourth-order valence-corrected chi connectivity index (χ4v) is 4.67. The molecule has 1 aliphatic rings. The summed E-state index contributed by atoms with van der Waals surface area (Å²) in [6.45, 7) is 0.0888. The summed E-state index contributed by atoms with van der Waals surface area (Å²) in [7, 11) is -3.53. The standard InChI is InChI=1S/C17H18N2O4S/c20-17(18-21)16-10-11-24(22,23)19(16)12-14-8-4-5-9-15(14)13-6-2-1-3-7-13/h1-9,16,21H,10-12H2,(H,18,20)/t16-/m1/s1. The number of carbonyl (C=O) groups excluding carboxylic acids is 1. The van der Waals surface area contributed by atoms with Crippen molar-refractivity contribution in [2.45, 2.75) is 19.0 Å². The number of hydrogen-bond donors (Lipinski definition) is 2. The molecule has 0 spiro atoms. The molecule has 7 heteroatoms. The molecule has 1 fully saturated rings. The molecule has 0 saturated carbocycles. The van der Waals surface area contributed by atoms with E-state index in [1.54, 1.807) is 5.48 Å². The van der Waals surface area contributed by atoms with E-state index < -0.39 is 22.0 Å². The Morgan fingerprint density at radius 1 is 1.12 bits per heavy atom. The minimum absolute atomic E-state index is 0.0888. The van der Waals surface area contributed by atoms with Crippen LogP contribution >= 0.6 is 0 Å². The number of rotatable bonds is 4. The van der Waals surface area contributed by atoms with E-state index >= 15 is 0 Å². The van der Waals surface area contributed by atoms with E-state index in [2.05, 4.69) is 0 Å². The summed E-state index contributed by atoms with van der Waals surface area (Å²) < 4.78 is 25.8. The van der Waals surface area contributed by atoms with Crippen LogP contribution in [0.3, 0.4) is 0 Å². The number of nitrogens with one attached hydrogen (secondary N) is 1. The Balaban J connectivity index is 1.97. The molecule has 0 aliphatic carbocycles. The molecule has 0 bridgehead atoms. The van der Waals surface area contributed by atoms with Crippen molar-refractivity contribution in [2.24, 2.45) is 0 Å². The van der Waals surface area contributed by atoms with Gasteiger partial charge in [0.05, 0.1) is 5.75 Å². The molecule has 3 rings (SSSR count). The Morgan fingerprint density at radius 3 is 2.50 bits per heavy atom. The molecule has 2 N–H and O–H groups in total. The molecule has 6 nitrogen and oxygen atoms in total. The maximum absolute atomic E-state index is 12.3. The van der Waals surface area contributed by atoms with Gasteiger partial charge in [-0.25, -0.2) is 13.9 Å². The van der Waals surface area contributed by atoms with Crippen molar-refractivity contribution in [1.29, 1.82) is 0 Å². The van der Waals surface area contributed by atoms with Crippen molar-refractivity contribution in [2.75, 3.05) is 5.75 Å². The highest BCUT2D eigenvalue weighted by Gasteiger charge is 2.41. The van der Waals surface area contributed by atoms with Crippen molar-refractivity contribution in [3.8, 4) is 11.1 Å². The Labute approximate surface area is 140 Å². The second-order valence-electron chi connectivity index (χ2n) is 5.66. The molecule has 126 valence electrons. The van der Waals surface area contributed by atoms with Crippen molar-refractivity contribution in [3.63, 3.8) is 0 Å². The Kier molecular flexibility index (Phi) is 4.66. The molecule has 1 atom stereocenters. The summed E-state index contributed by atoms with van der Waals surface area (Å²) >= 11 is 0. The molecule has 1 heterocycles. The number of benzene rings is 2. The molecule has 24 heavy (non-hydrogen) atoms. The molecule has 0 unspecified atom stereocenters. The van der Waals surface area contributed by atoms with Crippen LogP contribution < -0.4 is 5.48 Å². The number of amides is 1. The van der Waals surface area contributed by atoms with Crippen molar-refractivity contribution >= 4 is 15.9 Å². The fourth-order valence-electron chi connectivity index (χ4n) is 2.99. The summed E-state index contributed by atoms with van der Waals surface area (Å²) in [5, 5.41) is 8.86. The zero-order valence-electron chi connectivity index (χ0n) is 12.9. The smallest absolute Gasteiger partial charge is 0.261 e. The van der Waals surface area contributed by atoms with Crippen molar-refractivity contribution in [3.05, 3.63) is 60.2 Å². The van der Waals surface area contributed by atoms with Gasteiger partial charge in [0.25, 0.3) is 5.91 Å². The van der Waals surface area contributed by atoms with Crippen LogP contribution in [0.2, 0.25) is 0 Å². The van der Waals surface area contributed by atoms with E-state index in [1.165, 1.54) is 4.31 Å². The van der Waals surface area contributed by atoms with E-state index in [1.807, 2.05) is 54.6 Å². The third-order valence-corrected chi connectivity index (χ3v) is 6.05. The Bertz CT molecular complexity index is 837. The van der Waals surface area contributed by atoms with Gasteiger partial charge in [0.1, 0.15) is 6.04 Å². The van der Waals surface area contributed by atoms with Gasteiger partial charge < -0.3 is 0 Å². The first-order chi connectivity index (χ1) is 11.5. The van der Waals surface area contributed by atoms with Crippen LogP contribution in [-0.4, -0.2) is 35.6 Å². The molecule has 1 amide bonds. The largest absolute Gasteiger partial charge is 0.289 e. The van der Waals surface area contributed by atoms with Gasteiger partial charge in [0.2, 0.25) is 10.0 Å². The van der Waals surface area contributed by atoms with E-state index in [9.17, 15) is 13.2 Å². The van der Waals surface area contributed by atoms with Crippen molar-refractivity contribution in [1.82, 2.24) is 9.79 Å². The quantitative estimate of drug-likeness (QED) is 0.652. The zero-order chi connectivity index (χ0) is 17.2. The van der Waals surface area contributed by atoms with Gasteiger partial charge >= 0.3 is 0 Å². The van der Waals surface area contributed by atoms with Crippen LogP contribution in [-0.2, 0) is 21.4 Å². The third kappa shape index (κ3) is 3.19. The number of carbonyl (C=O) groups is 1. The molecule has 0 radical (unpaired) electrons. The minimum Gasteiger partial charge on any atom is -0.289 e. The average Bonchev–Trinajstić information content (AvgIpc) is 2.90. The SMILES string of the molecule is O=C(NO)[C@H]1CCS(=O)(=O)N1Cc1ccccc1-c1ccccc1. The number of hydroxylamine groups is 1. The first kappa shape index (κ1) is 16.6. The Morgan fingerprint density at radius 2 is 1.79 bits per heavy atom. The topological polar surface area (TPSA) is 86.7 Å². The lowest BCUT2D eigenvalue weighted by molar-refractivity contribution is -0.133. The highest BCUT2D eigenvalue weighted by Crippen LogP contribution is 2.29. The van der Waals surface area contributed by atoms with Gasteiger partial charge in [0, 0.05) is 6.54 Å². The van der Waals surface area contributed by atoms with E-state index in [0.717, 1.165) is 16.7 Å². The van der Waals surface area contributed by atoms with Gasteiger partial charge in [0.15, 0.2) is 0 Å². The van der Waals surface area contributed by atoms with Gasteiger partial charge in [-0.15, -0.1) is 0 Å². The van der Waals surface area contributed by atoms with Gasteiger partial charge in [-0.1, -0.05) is 54.6 Å². The summed E-state index contributed by atoms with van der Waals surface area (Å²) in [6, 6.07) is 16.3. The second kappa shape index (κ2) is 6.72. The van der Waals surface area contributed by atoms with E-state index in [-0.39, 0.29) is 18.7 Å². The van der Waals surface area contributed by atoms with Crippen molar-refractivity contribution < 1.29 is 18.4 Å². The maximum atomic E-state index is 12.3. The number of nitrogens with zero attached hydrogens (tertiary/aromatic N) is 1. The van der Waals surface area contributed by atoms with Crippen LogP contribution in [0.5, 0.6) is 0 Å². The average molecular weight is 346 g/mol. The lowest BCUT2D eigenvalue weighted by Gasteiger charge is -2.22. The molecular weight excluding hydrogens is 328 g/mol. The maximum Gasteiger partial charge on any atom is 0.261 e. The van der Waals surface area contributed by atoms with Crippen LogP contribution in [0.4, 0.5) is 0 Å².